The van der Waals surface area contributed by atoms with E-state index >= 15 is 0 Å². The highest BCUT2D eigenvalue weighted by Crippen LogP contribution is 2.55. The van der Waals surface area contributed by atoms with Crippen LogP contribution in [0.15, 0.2) is 0 Å². The maximum Gasteiger partial charge on any atom is 0.0571 e. The van der Waals surface area contributed by atoms with Crippen molar-refractivity contribution in [3.05, 3.63) is 0 Å². The van der Waals surface area contributed by atoms with Crippen molar-refractivity contribution in [3.63, 3.8) is 0 Å². The normalized spacial score (nSPS) is 55.4. The zero-order valence-corrected chi connectivity index (χ0v) is 6.95. The van der Waals surface area contributed by atoms with Gasteiger partial charge in [0.25, 0.3) is 0 Å². The molecule has 2 bridgehead atoms. The summed E-state index contributed by atoms with van der Waals surface area (Å²) in [4.78, 5) is 0. The Morgan fingerprint density at radius 1 is 1.45 bits per heavy atom. The Bertz CT molecular complexity index is 167. The predicted molar refractivity (Wildman–Crippen MR) is 42.0 cm³/mol. The number of rotatable bonds is 1. The van der Waals surface area contributed by atoms with Crippen LogP contribution in [0.3, 0.4) is 0 Å². The minimum Gasteiger partial charge on any atom is -0.396 e. The van der Waals surface area contributed by atoms with Gasteiger partial charge in [0.15, 0.2) is 0 Å². The maximum absolute atomic E-state index is 9.47. The van der Waals surface area contributed by atoms with Crippen molar-refractivity contribution in [2.75, 3.05) is 6.61 Å². The molecule has 0 saturated heterocycles. The van der Waals surface area contributed by atoms with E-state index in [0.29, 0.717) is 18.4 Å². The van der Waals surface area contributed by atoms with Gasteiger partial charge in [0.2, 0.25) is 0 Å². The van der Waals surface area contributed by atoms with Crippen molar-refractivity contribution in [1.82, 2.24) is 0 Å². The molecule has 0 unspecified atom stereocenters. The number of fused-ring (bicyclic) bond motifs is 2. The molecule has 2 fully saturated rings. The maximum atomic E-state index is 9.47. The van der Waals surface area contributed by atoms with Crippen molar-refractivity contribution >= 4 is 0 Å². The summed E-state index contributed by atoms with van der Waals surface area (Å²) in [7, 11) is 0. The van der Waals surface area contributed by atoms with Gasteiger partial charge in [0.1, 0.15) is 0 Å². The molecule has 0 radical (unpaired) electrons. The van der Waals surface area contributed by atoms with E-state index < -0.39 is 0 Å². The lowest BCUT2D eigenvalue weighted by atomic mass is 9.75. The van der Waals surface area contributed by atoms with Crippen molar-refractivity contribution in [1.29, 1.82) is 0 Å². The van der Waals surface area contributed by atoms with E-state index in [1.165, 1.54) is 0 Å². The minimum atomic E-state index is -0.0698. The fraction of sp³-hybridized carbons (Fsp3) is 1.00. The Morgan fingerprint density at radius 2 is 2.18 bits per heavy atom. The van der Waals surface area contributed by atoms with Crippen molar-refractivity contribution in [2.24, 2.45) is 17.3 Å². The first-order chi connectivity index (χ1) is 5.15. The van der Waals surface area contributed by atoms with E-state index in [1.807, 2.05) is 0 Å². The van der Waals surface area contributed by atoms with E-state index in [-0.39, 0.29) is 11.5 Å². The lowest BCUT2D eigenvalue weighted by Gasteiger charge is -2.33. The van der Waals surface area contributed by atoms with Gasteiger partial charge in [-0.15, -0.1) is 0 Å². The van der Waals surface area contributed by atoms with Crippen molar-refractivity contribution in [3.8, 4) is 0 Å². The molecule has 0 amide bonds. The van der Waals surface area contributed by atoms with E-state index in [0.717, 1.165) is 19.3 Å². The smallest absolute Gasteiger partial charge is 0.0571 e. The number of aliphatic hydroxyl groups excluding tert-OH is 2. The van der Waals surface area contributed by atoms with Gasteiger partial charge in [-0.25, -0.2) is 0 Å². The molecule has 2 saturated carbocycles. The average Bonchev–Trinajstić information content (AvgIpc) is 2.45. The first kappa shape index (κ1) is 7.56. The summed E-state index contributed by atoms with van der Waals surface area (Å²) in [5.41, 5.74) is 0.129. The molecule has 2 aliphatic carbocycles. The third kappa shape index (κ3) is 0.926. The molecule has 0 aliphatic heterocycles. The highest BCUT2D eigenvalue weighted by Gasteiger charge is 2.51. The quantitative estimate of drug-likeness (QED) is 0.589. The summed E-state index contributed by atoms with van der Waals surface area (Å²) in [5.74, 6) is 1.06. The zero-order chi connectivity index (χ0) is 8.06. The zero-order valence-electron chi connectivity index (χ0n) is 6.95. The Balaban J connectivity index is 2.13. The fourth-order valence-electron chi connectivity index (χ4n) is 2.85. The molecular formula is C9H16O2. The second-order valence-corrected chi connectivity index (χ2v) is 4.51. The molecule has 0 aromatic heterocycles. The summed E-state index contributed by atoms with van der Waals surface area (Å²) in [6.45, 7) is 2.43. The van der Waals surface area contributed by atoms with Crippen LogP contribution in [-0.4, -0.2) is 22.9 Å². The van der Waals surface area contributed by atoms with Crippen LogP contribution < -0.4 is 0 Å². The minimum absolute atomic E-state index is 0.0698. The number of aliphatic hydroxyl groups is 2. The summed E-state index contributed by atoms with van der Waals surface area (Å²) >= 11 is 0. The first-order valence-electron chi connectivity index (χ1n) is 4.44. The average molecular weight is 156 g/mol. The highest BCUT2D eigenvalue weighted by molar-refractivity contribution is 5.01. The van der Waals surface area contributed by atoms with Gasteiger partial charge >= 0.3 is 0 Å². The predicted octanol–water partition coefficient (Wildman–Crippen LogP) is 0.776. The molecule has 64 valence electrons. The SMILES string of the molecule is C[C@@]1(CO)C[C@H]2C[C@@H]1C[C@@H]2O. The van der Waals surface area contributed by atoms with E-state index in [9.17, 15) is 5.11 Å². The molecule has 0 spiro atoms. The molecule has 4 atom stereocenters. The molecular weight excluding hydrogens is 140 g/mol. The first-order valence-corrected chi connectivity index (χ1v) is 4.44. The molecule has 2 N–H and O–H groups in total. The standard InChI is InChI=1S/C9H16O2/c1-9(5-10)4-6-2-7(9)3-8(6)11/h6-8,10-11H,2-5H2,1H3/t6-,7-,8+,9+/m1/s1. The van der Waals surface area contributed by atoms with Gasteiger partial charge in [-0.2, -0.15) is 0 Å². The molecule has 0 aromatic rings. The monoisotopic (exact) mass is 156 g/mol. The van der Waals surface area contributed by atoms with Crippen LogP contribution in [-0.2, 0) is 0 Å². The summed E-state index contributed by atoms with van der Waals surface area (Å²) in [5, 5.41) is 18.6. The third-order valence-corrected chi connectivity index (χ3v) is 3.73. The lowest BCUT2D eigenvalue weighted by Crippen LogP contribution is -2.32. The molecule has 0 aromatic carbocycles. The second kappa shape index (κ2) is 2.20. The van der Waals surface area contributed by atoms with Crippen LogP contribution in [0.1, 0.15) is 26.2 Å². The van der Waals surface area contributed by atoms with Gasteiger partial charge in [0.05, 0.1) is 6.10 Å². The van der Waals surface area contributed by atoms with Gasteiger partial charge in [-0.3, -0.25) is 0 Å². The van der Waals surface area contributed by atoms with Crippen LogP contribution in [0.5, 0.6) is 0 Å². The Hall–Kier alpha value is -0.0800. The lowest BCUT2D eigenvalue weighted by molar-refractivity contribution is 0.0256. The fourth-order valence-corrected chi connectivity index (χ4v) is 2.85. The van der Waals surface area contributed by atoms with Crippen LogP contribution >= 0.6 is 0 Å². The Labute approximate surface area is 67.2 Å². The number of hydrogen-bond acceptors (Lipinski definition) is 2. The second-order valence-electron chi connectivity index (χ2n) is 4.51. The molecule has 0 heterocycles. The number of hydrogen-bond donors (Lipinski definition) is 2. The summed E-state index contributed by atoms with van der Waals surface area (Å²) in [6, 6.07) is 0. The van der Waals surface area contributed by atoms with Crippen molar-refractivity contribution < 1.29 is 10.2 Å². The topological polar surface area (TPSA) is 40.5 Å². The van der Waals surface area contributed by atoms with Crippen LogP contribution in [0, 0.1) is 17.3 Å². The van der Waals surface area contributed by atoms with Crippen LogP contribution in [0.25, 0.3) is 0 Å². The van der Waals surface area contributed by atoms with Crippen molar-refractivity contribution in [2.45, 2.75) is 32.3 Å². The summed E-state index contributed by atoms with van der Waals surface area (Å²) in [6.07, 6.45) is 3.01. The molecule has 2 aliphatic rings. The molecule has 11 heavy (non-hydrogen) atoms. The van der Waals surface area contributed by atoms with Crippen LogP contribution in [0.4, 0.5) is 0 Å². The largest absolute Gasteiger partial charge is 0.396 e. The van der Waals surface area contributed by atoms with E-state index in [4.69, 9.17) is 5.11 Å². The van der Waals surface area contributed by atoms with Crippen LogP contribution in [0.2, 0.25) is 0 Å². The molecule has 2 rings (SSSR count). The third-order valence-electron chi connectivity index (χ3n) is 3.73. The highest BCUT2D eigenvalue weighted by atomic mass is 16.3. The molecule has 2 nitrogen and oxygen atoms in total. The molecule has 2 heteroatoms. The van der Waals surface area contributed by atoms with E-state index in [2.05, 4.69) is 6.92 Å². The summed E-state index contributed by atoms with van der Waals surface area (Å²) < 4.78 is 0. The van der Waals surface area contributed by atoms with Gasteiger partial charge in [-0.05, 0) is 36.5 Å². The van der Waals surface area contributed by atoms with Gasteiger partial charge in [0, 0.05) is 6.61 Å². The van der Waals surface area contributed by atoms with Gasteiger partial charge < -0.3 is 10.2 Å². The van der Waals surface area contributed by atoms with Gasteiger partial charge in [-0.1, -0.05) is 6.92 Å². The Morgan fingerprint density at radius 3 is 2.55 bits per heavy atom. The van der Waals surface area contributed by atoms with E-state index in [1.54, 1.807) is 0 Å². The Kier molecular flexibility index (Phi) is 1.52.